The molecule has 6 nitrogen and oxygen atoms in total. The van der Waals surface area contributed by atoms with Crippen molar-refractivity contribution in [1.82, 2.24) is 9.88 Å². The van der Waals surface area contributed by atoms with E-state index in [4.69, 9.17) is 4.74 Å². The fraction of sp³-hybridized carbons (Fsp3) is 0.292. The second kappa shape index (κ2) is 9.31. The van der Waals surface area contributed by atoms with Crippen LogP contribution >= 0.6 is 11.3 Å². The molecule has 1 fully saturated rings. The van der Waals surface area contributed by atoms with E-state index in [-0.39, 0.29) is 11.8 Å². The van der Waals surface area contributed by atoms with Crippen molar-refractivity contribution in [2.75, 3.05) is 19.0 Å². The number of aryl methyl sites for hydroxylation is 1. The molecule has 2 heterocycles. The standard InChI is InChI=1S/C24H25N3O3S/c1-16-11-12-20(30-2)18(14-16)19-15-31-24(25-19)26-23(29)22(17-8-4-3-5-9-17)27-13-7-6-10-21(27)28/h3-5,8-9,11-12,14-15,22H,6-7,10,13H2,1-2H3,(H,25,26,29). The van der Waals surface area contributed by atoms with Crippen molar-refractivity contribution in [2.45, 2.75) is 32.2 Å². The van der Waals surface area contributed by atoms with Gasteiger partial charge in [0, 0.05) is 23.9 Å². The van der Waals surface area contributed by atoms with Crippen molar-refractivity contribution in [3.8, 4) is 17.0 Å². The van der Waals surface area contributed by atoms with Crippen LogP contribution in [0, 0.1) is 6.92 Å². The number of methoxy groups -OCH3 is 1. The molecule has 1 aliphatic rings. The maximum absolute atomic E-state index is 13.3. The summed E-state index contributed by atoms with van der Waals surface area (Å²) in [6.07, 6.45) is 2.24. The molecule has 0 bridgehead atoms. The minimum Gasteiger partial charge on any atom is -0.496 e. The molecule has 31 heavy (non-hydrogen) atoms. The lowest BCUT2D eigenvalue weighted by Gasteiger charge is -2.33. The Hall–Kier alpha value is -3.19. The van der Waals surface area contributed by atoms with E-state index in [9.17, 15) is 9.59 Å². The van der Waals surface area contributed by atoms with Crippen molar-refractivity contribution >= 4 is 28.3 Å². The lowest BCUT2D eigenvalue weighted by Crippen LogP contribution is -2.43. The van der Waals surface area contributed by atoms with Gasteiger partial charge in [0.05, 0.1) is 12.8 Å². The summed E-state index contributed by atoms with van der Waals surface area (Å²) in [5, 5.41) is 5.33. The number of nitrogens with zero attached hydrogens (tertiary/aromatic N) is 2. The van der Waals surface area contributed by atoms with E-state index in [2.05, 4.69) is 10.3 Å². The molecule has 0 aliphatic carbocycles. The molecular formula is C24H25N3O3S. The van der Waals surface area contributed by atoms with Gasteiger partial charge in [0.25, 0.3) is 5.91 Å². The number of piperidine rings is 1. The molecule has 1 N–H and O–H groups in total. The molecule has 4 rings (SSSR count). The van der Waals surface area contributed by atoms with Gasteiger partial charge < -0.3 is 9.64 Å². The zero-order chi connectivity index (χ0) is 21.8. The molecule has 1 aliphatic heterocycles. The number of carbonyl (C=O) groups is 2. The van der Waals surface area contributed by atoms with Crippen LogP contribution in [0.5, 0.6) is 5.75 Å². The van der Waals surface area contributed by atoms with Crippen LogP contribution in [0.25, 0.3) is 11.3 Å². The zero-order valence-electron chi connectivity index (χ0n) is 17.6. The quantitative estimate of drug-likeness (QED) is 0.603. The molecule has 1 aromatic heterocycles. The number of nitrogens with one attached hydrogen (secondary N) is 1. The van der Waals surface area contributed by atoms with Crippen molar-refractivity contribution in [2.24, 2.45) is 0 Å². The first-order valence-corrected chi connectivity index (χ1v) is 11.2. The molecule has 0 saturated carbocycles. The van der Waals surface area contributed by atoms with Crippen LogP contribution in [-0.4, -0.2) is 35.4 Å². The first kappa shape index (κ1) is 21.1. The van der Waals surface area contributed by atoms with Gasteiger partial charge in [-0.3, -0.25) is 14.9 Å². The maximum Gasteiger partial charge on any atom is 0.253 e. The third-order valence-corrected chi connectivity index (χ3v) is 6.16. The number of amides is 2. The van der Waals surface area contributed by atoms with E-state index in [1.807, 2.05) is 60.8 Å². The highest BCUT2D eigenvalue weighted by atomic mass is 32.1. The minimum absolute atomic E-state index is 0.0135. The Kier molecular flexibility index (Phi) is 6.32. The number of likely N-dealkylation sites (tertiary alicyclic amines) is 1. The number of ether oxygens (including phenoxy) is 1. The third-order valence-electron chi connectivity index (χ3n) is 5.40. The number of hydrogen-bond donors (Lipinski definition) is 1. The molecule has 2 amide bonds. The smallest absolute Gasteiger partial charge is 0.253 e. The average molecular weight is 436 g/mol. The summed E-state index contributed by atoms with van der Waals surface area (Å²) < 4.78 is 5.47. The van der Waals surface area contributed by atoms with Crippen LogP contribution in [0.4, 0.5) is 5.13 Å². The Morgan fingerprint density at radius 3 is 2.74 bits per heavy atom. The Morgan fingerprint density at radius 2 is 2.00 bits per heavy atom. The highest BCUT2D eigenvalue weighted by molar-refractivity contribution is 7.14. The van der Waals surface area contributed by atoms with Gasteiger partial charge in [-0.05, 0) is 37.5 Å². The predicted molar refractivity (Wildman–Crippen MR) is 122 cm³/mol. The lowest BCUT2D eigenvalue weighted by molar-refractivity contribution is -0.141. The number of carbonyl (C=O) groups excluding carboxylic acids is 2. The van der Waals surface area contributed by atoms with Gasteiger partial charge in [-0.15, -0.1) is 11.3 Å². The number of anilines is 1. The molecule has 1 unspecified atom stereocenters. The summed E-state index contributed by atoms with van der Waals surface area (Å²) in [7, 11) is 1.63. The van der Waals surface area contributed by atoms with Crippen LogP contribution in [0.2, 0.25) is 0 Å². The van der Waals surface area contributed by atoms with Crippen molar-refractivity contribution in [1.29, 1.82) is 0 Å². The lowest BCUT2D eigenvalue weighted by atomic mass is 10.0. The van der Waals surface area contributed by atoms with Crippen LogP contribution in [0.1, 0.15) is 36.4 Å². The normalized spacial score (nSPS) is 14.9. The largest absolute Gasteiger partial charge is 0.496 e. The Morgan fingerprint density at radius 1 is 1.19 bits per heavy atom. The summed E-state index contributed by atoms with van der Waals surface area (Å²) in [5.41, 5.74) is 3.52. The van der Waals surface area contributed by atoms with Gasteiger partial charge in [0.15, 0.2) is 5.13 Å². The molecule has 2 aromatic carbocycles. The summed E-state index contributed by atoms with van der Waals surface area (Å²) in [4.78, 5) is 32.2. The van der Waals surface area contributed by atoms with Gasteiger partial charge in [0.2, 0.25) is 5.91 Å². The molecule has 160 valence electrons. The summed E-state index contributed by atoms with van der Waals surface area (Å²) >= 11 is 1.36. The topological polar surface area (TPSA) is 71.5 Å². The molecule has 0 spiro atoms. The molecule has 0 radical (unpaired) electrons. The maximum atomic E-state index is 13.3. The van der Waals surface area contributed by atoms with Crippen LogP contribution < -0.4 is 10.1 Å². The minimum atomic E-state index is -0.671. The average Bonchev–Trinajstić information content (AvgIpc) is 3.24. The number of aromatic nitrogens is 1. The van der Waals surface area contributed by atoms with Crippen LogP contribution in [0.15, 0.2) is 53.9 Å². The molecule has 7 heteroatoms. The van der Waals surface area contributed by atoms with Crippen molar-refractivity contribution in [3.05, 3.63) is 65.0 Å². The second-order valence-corrected chi connectivity index (χ2v) is 8.45. The van der Waals surface area contributed by atoms with E-state index >= 15 is 0 Å². The van der Waals surface area contributed by atoms with E-state index in [1.54, 1.807) is 12.0 Å². The molecule has 1 saturated heterocycles. The second-order valence-electron chi connectivity index (χ2n) is 7.59. The van der Waals surface area contributed by atoms with Gasteiger partial charge in [-0.25, -0.2) is 4.98 Å². The first-order chi connectivity index (χ1) is 15.1. The first-order valence-electron chi connectivity index (χ1n) is 10.3. The van der Waals surface area contributed by atoms with E-state index < -0.39 is 6.04 Å². The fourth-order valence-electron chi connectivity index (χ4n) is 3.86. The predicted octanol–water partition coefficient (Wildman–Crippen LogP) is 4.82. The van der Waals surface area contributed by atoms with E-state index in [0.29, 0.717) is 18.1 Å². The highest BCUT2D eigenvalue weighted by Gasteiger charge is 2.33. The number of rotatable bonds is 6. The van der Waals surface area contributed by atoms with E-state index in [0.717, 1.165) is 41.0 Å². The van der Waals surface area contributed by atoms with Crippen molar-refractivity contribution < 1.29 is 14.3 Å². The van der Waals surface area contributed by atoms with Gasteiger partial charge in [-0.1, -0.05) is 42.0 Å². The third kappa shape index (κ3) is 4.61. The number of benzene rings is 2. The van der Waals surface area contributed by atoms with Crippen LogP contribution in [0.3, 0.4) is 0 Å². The Labute approximate surface area is 185 Å². The van der Waals surface area contributed by atoms with Gasteiger partial charge >= 0.3 is 0 Å². The SMILES string of the molecule is COc1ccc(C)cc1-c1csc(NC(=O)C(c2ccccc2)N2CCCCC2=O)n1. The monoisotopic (exact) mass is 435 g/mol. The number of hydrogen-bond acceptors (Lipinski definition) is 5. The van der Waals surface area contributed by atoms with Gasteiger partial charge in [0.1, 0.15) is 11.8 Å². The zero-order valence-corrected chi connectivity index (χ0v) is 18.4. The Balaban J connectivity index is 1.60. The molecular weight excluding hydrogens is 410 g/mol. The van der Waals surface area contributed by atoms with Gasteiger partial charge in [-0.2, -0.15) is 0 Å². The fourth-order valence-corrected chi connectivity index (χ4v) is 4.57. The Bertz CT molecular complexity index is 1080. The summed E-state index contributed by atoms with van der Waals surface area (Å²) in [6, 6.07) is 14.7. The van der Waals surface area contributed by atoms with E-state index in [1.165, 1.54) is 11.3 Å². The highest BCUT2D eigenvalue weighted by Crippen LogP contribution is 2.34. The molecule has 1 atom stereocenters. The van der Waals surface area contributed by atoms with Crippen molar-refractivity contribution in [3.63, 3.8) is 0 Å². The molecule has 3 aromatic rings. The summed E-state index contributed by atoms with van der Waals surface area (Å²) in [6.45, 7) is 2.59. The van der Waals surface area contributed by atoms with Crippen LogP contribution in [-0.2, 0) is 9.59 Å². The summed E-state index contributed by atoms with van der Waals surface area (Å²) in [5.74, 6) is 0.494. The number of thiazole rings is 1.